The summed E-state index contributed by atoms with van der Waals surface area (Å²) in [6.07, 6.45) is 4.62. The van der Waals surface area contributed by atoms with Gasteiger partial charge < -0.3 is 10.0 Å². The van der Waals surface area contributed by atoms with Crippen molar-refractivity contribution in [1.29, 1.82) is 0 Å². The number of benzene rings is 2. The van der Waals surface area contributed by atoms with Crippen molar-refractivity contribution in [2.75, 3.05) is 6.54 Å². The van der Waals surface area contributed by atoms with Crippen LogP contribution in [0.1, 0.15) is 70.9 Å². The summed E-state index contributed by atoms with van der Waals surface area (Å²) in [6, 6.07) is 18.1. The second kappa shape index (κ2) is 13.5. The van der Waals surface area contributed by atoms with E-state index in [1.807, 2.05) is 74.5 Å². The molecule has 182 valence electrons. The molecule has 1 atom stereocenters. The summed E-state index contributed by atoms with van der Waals surface area (Å²) in [6.45, 7) is 10.6. The van der Waals surface area contributed by atoms with Crippen molar-refractivity contribution in [3.8, 4) is 0 Å². The molecule has 1 aliphatic rings. The highest BCUT2D eigenvalue weighted by molar-refractivity contribution is 5.91. The molecule has 0 bridgehead atoms. The summed E-state index contributed by atoms with van der Waals surface area (Å²) in [7, 11) is 0. The minimum absolute atomic E-state index is 0.197. The van der Waals surface area contributed by atoms with Crippen molar-refractivity contribution in [1.82, 2.24) is 4.90 Å². The normalized spacial score (nSPS) is 16.1. The van der Waals surface area contributed by atoms with Crippen molar-refractivity contribution < 1.29 is 14.7 Å². The highest BCUT2D eigenvalue weighted by atomic mass is 16.4. The van der Waals surface area contributed by atoms with Crippen LogP contribution in [0.5, 0.6) is 0 Å². The number of carboxylic acid groups (broad SMARTS) is 1. The van der Waals surface area contributed by atoms with E-state index in [4.69, 9.17) is 0 Å². The molecule has 0 spiro atoms. The Balaban J connectivity index is 0.000000604. The number of carboxylic acids is 1. The maximum absolute atomic E-state index is 13.7. The molecule has 0 radical (unpaired) electrons. The van der Waals surface area contributed by atoms with Crippen LogP contribution >= 0.6 is 0 Å². The summed E-state index contributed by atoms with van der Waals surface area (Å²) in [5.74, 6) is -0.840. The van der Waals surface area contributed by atoms with Crippen LogP contribution in [0.4, 0.5) is 0 Å². The van der Waals surface area contributed by atoms with Crippen LogP contribution in [-0.2, 0) is 9.59 Å². The first kappa shape index (κ1) is 27.0. The van der Waals surface area contributed by atoms with E-state index in [-0.39, 0.29) is 18.9 Å². The van der Waals surface area contributed by atoms with Gasteiger partial charge in [-0.15, -0.1) is 0 Å². The van der Waals surface area contributed by atoms with E-state index < -0.39 is 17.9 Å². The van der Waals surface area contributed by atoms with Gasteiger partial charge in [-0.1, -0.05) is 94.3 Å². The van der Waals surface area contributed by atoms with Crippen LogP contribution in [0.15, 0.2) is 76.9 Å². The molecule has 0 aliphatic carbocycles. The average molecular weight is 463 g/mol. The zero-order valence-electron chi connectivity index (χ0n) is 21.1. The Morgan fingerprint density at radius 3 is 1.91 bits per heavy atom. The third-order valence-electron chi connectivity index (χ3n) is 6.45. The Hall–Kier alpha value is -3.21. The smallest absolute Gasteiger partial charge is 0.326 e. The van der Waals surface area contributed by atoms with E-state index in [0.717, 1.165) is 28.3 Å². The number of carbonyl (C=O) groups is 2. The molecular weight excluding hydrogens is 424 g/mol. The molecule has 2 aromatic carbocycles. The Labute approximate surface area is 204 Å². The molecule has 5 nitrogen and oxygen atoms in total. The SMILES string of the molecule is CC=NC1=C(C)CC(C(=O)O)N(C(=O)C(c2ccccc2)c2ccccc2)C1.CCC(C)CC. The van der Waals surface area contributed by atoms with Crippen LogP contribution in [0.2, 0.25) is 0 Å². The van der Waals surface area contributed by atoms with Crippen molar-refractivity contribution >= 4 is 18.1 Å². The lowest BCUT2D eigenvalue weighted by molar-refractivity contribution is -0.150. The molecule has 3 rings (SSSR count). The lowest BCUT2D eigenvalue weighted by atomic mass is 9.88. The third-order valence-corrected chi connectivity index (χ3v) is 6.45. The molecule has 0 aromatic heterocycles. The zero-order valence-corrected chi connectivity index (χ0v) is 21.1. The van der Waals surface area contributed by atoms with Gasteiger partial charge in [-0.3, -0.25) is 9.79 Å². The van der Waals surface area contributed by atoms with Crippen LogP contribution in [0.25, 0.3) is 0 Å². The van der Waals surface area contributed by atoms with Crippen LogP contribution in [-0.4, -0.2) is 40.7 Å². The monoisotopic (exact) mass is 462 g/mol. The van der Waals surface area contributed by atoms with Crippen LogP contribution in [0, 0.1) is 5.92 Å². The first-order valence-electron chi connectivity index (χ1n) is 12.1. The largest absolute Gasteiger partial charge is 0.480 e. The van der Waals surface area contributed by atoms with Gasteiger partial charge in [0.25, 0.3) is 0 Å². The summed E-state index contributed by atoms with van der Waals surface area (Å²) in [4.78, 5) is 31.4. The number of aliphatic carboxylic acids is 1. The lowest BCUT2D eigenvalue weighted by Crippen LogP contribution is -2.50. The summed E-state index contributed by atoms with van der Waals surface area (Å²) >= 11 is 0. The number of rotatable bonds is 7. The van der Waals surface area contributed by atoms with E-state index in [1.165, 1.54) is 17.7 Å². The highest BCUT2D eigenvalue weighted by Crippen LogP contribution is 2.32. The molecule has 0 saturated carbocycles. The van der Waals surface area contributed by atoms with Gasteiger partial charge >= 0.3 is 5.97 Å². The summed E-state index contributed by atoms with van der Waals surface area (Å²) < 4.78 is 0. The molecule has 0 fully saturated rings. The van der Waals surface area contributed by atoms with Crippen molar-refractivity contribution in [2.24, 2.45) is 10.9 Å². The second-order valence-corrected chi connectivity index (χ2v) is 8.81. The van der Waals surface area contributed by atoms with Crippen molar-refractivity contribution in [2.45, 2.75) is 65.8 Å². The molecule has 1 N–H and O–H groups in total. The zero-order chi connectivity index (χ0) is 25.1. The first-order valence-corrected chi connectivity index (χ1v) is 12.1. The first-order chi connectivity index (χ1) is 16.3. The molecule has 1 aliphatic heterocycles. The van der Waals surface area contributed by atoms with E-state index in [9.17, 15) is 14.7 Å². The van der Waals surface area contributed by atoms with Crippen LogP contribution < -0.4 is 0 Å². The van der Waals surface area contributed by atoms with Gasteiger partial charge in [-0.05, 0) is 36.5 Å². The lowest BCUT2D eigenvalue weighted by Gasteiger charge is -2.36. The fourth-order valence-corrected chi connectivity index (χ4v) is 3.91. The van der Waals surface area contributed by atoms with Gasteiger partial charge in [-0.2, -0.15) is 0 Å². The Bertz CT molecular complexity index is 939. The predicted octanol–water partition coefficient (Wildman–Crippen LogP) is 6.31. The van der Waals surface area contributed by atoms with E-state index in [1.54, 1.807) is 6.21 Å². The number of aliphatic imine (C=N–C) groups is 1. The molecule has 5 heteroatoms. The quantitative estimate of drug-likeness (QED) is 0.490. The Kier molecular flexibility index (Phi) is 10.7. The molecule has 34 heavy (non-hydrogen) atoms. The predicted molar refractivity (Wildman–Crippen MR) is 139 cm³/mol. The highest BCUT2D eigenvalue weighted by Gasteiger charge is 2.38. The number of amides is 1. The molecule has 1 heterocycles. The Morgan fingerprint density at radius 2 is 1.53 bits per heavy atom. The van der Waals surface area contributed by atoms with Crippen LogP contribution in [0.3, 0.4) is 0 Å². The van der Waals surface area contributed by atoms with E-state index in [2.05, 4.69) is 25.8 Å². The van der Waals surface area contributed by atoms with E-state index in [0.29, 0.717) is 0 Å². The molecule has 2 aromatic rings. The number of carbonyl (C=O) groups excluding carboxylic acids is 1. The second-order valence-electron chi connectivity index (χ2n) is 8.81. The number of nitrogens with zero attached hydrogens (tertiary/aromatic N) is 2. The fourth-order valence-electron chi connectivity index (χ4n) is 3.91. The standard InChI is InChI=1S/C23H24N2O3.C6H14/c1-3-24-19-15-25(20(23(27)28)14-16(19)2)22(26)21(17-10-6-4-7-11-17)18-12-8-5-9-13-18;1-4-6(3)5-2/h3-13,20-21H,14-15H2,1-2H3,(H,27,28);6H,4-5H2,1-3H3. The maximum atomic E-state index is 13.7. The van der Waals surface area contributed by atoms with Crippen molar-refractivity contribution in [3.05, 3.63) is 83.1 Å². The third kappa shape index (κ3) is 7.14. The fraction of sp³-hybridized carbons (Fsp3) is 0.414. The van der Waals surface area contributed by atoms with Gasteiger partial charge in [0.15, 0.2) is 0 Å². The molecular formula is C29H38N2O3. The Morgan fingerprint density at radius 1 is 1.03 bits per heavy atom. The molecule has 1 unspecified atom stereocenters. The van der Waals surface area contributed by atoms with Gasteiger partial charge in [0.1, 0.15) is 6.04 Å². The molecule has 1 amide bonds. The summed E-state index contributed by atoms with van der Waals surface area (Å²) in [5, 5.41) is 9.76. The van der Waals surface area contributed by atoms with E-state index >= 15 is 0 Å². The maximum Gasteiger partial charge on any atom is 0.326 e. The van der Waals surface area contributed by atoms with Gasteiger partial charge in [-0.25, -0.2) is 4.79 Å². The average Bonchev–Trinajstić information content (AvgIpc) is 2.86. The minimum atomic E-state index is -0.993. The van der Waals surface area contributed by atoms with Gasteiger partial charge in [0.2, 0.25) is 5.91 Å². The van der Waals surface area contributed by atoms with Gasteiger partial charge in [0.05, 0.1) is 18.2 Å². The molecule has 0 saturated heterocycles. The topological polar surface area (TPSA) is 70.0 Å². The van der Waals surface area contributed by atoms with Gasteiger partial charge in [0, 0.05) is 12.6 Å². The summed E-state index contributed by atoms with van der Waals surface area (Å²) in [5.41, 5.74) is 3.35. The number of hydrogen-bond donors (Lipinski definition) is 1. The van der Waals surface area contributed by atoms with Crippen molar-refractivity contribution in [3.63, 3.8) is 0 Å². The minimum Gasteiger partial charge on any atom is -0.480 e. The number of hydrogen-bond acceptors (Lipinski definition) is 3.